The molecule has 2 nitrogen and oxygen atoms in total. The zero-order chi connectivity index (χ0) is 15.2. The van der Waals surface area contributed by atoms with Gasteiger partial charge in [-0.2, -0.15) is 0 Å². The third-order valence-electron chi connectivity index (χ3n) is 3.37. The minimum Gasteiger partial charge on any atom is -0.491 e. The van der Waals surface area contributed by atoms with Crippen LogP contribution in [0.1, 0.15) is 39.3 Å². The second kappa shape index (κ2) is 7.16. The Kier molecular flexibility index (Phi) is 5.26. The molecule has 2 aromatic carbocycles. The van der Waals surface area contributed by atoms with Crippen molar-refractivity contribution in [2.75, 3.05) is 5.32 Å². The summed E-state index contributed by atoms with van der Waals surface area (Å²) in [7, 11) is 0. The zero-order valence-corrected chi connectivity index (χ0v) is 13.3. The van der Waals surface area contributed by atoms with Gasteiger partial charge in [0.05, 0.1) is 12.1 Å². The summed E-state index contributed by atoms with van der Waals surface area (Å²) in [5.74, 6) is 1.43. The molecule has 1 unspecified atom stereocenters. The molecule has 0 fully saturated rings. The molecule has 0 bridgehead atoms. The van der Waals surface area contributed by atoms with Crippen molar-refractivity contribution in [1.29, 1.82) is 0 Å². The maximum Gasteiger partial charge on any atom is 0.119 e. The van der Waals surface area contributed by atoms with Crippen LogP contribution in [-0.2, 0) is 0 Å². The predicted octanol–water partition coefficient (Wildman–Crippen LogP) is 5.28. The Morgan fingerprint density at radius 1 is 0.810 bits per heavy atom. The number of ether oxygens (including phenoxy) is 1. The van der Waals surface area contributed by atoms with Gasteiger partial charge in [-0.3, -0.25) is 0 Å². The number of hydrogen-bond acceptors (Lipinski definition) is 2. The van der Waals surface area contributed by atoms with Crippen molar-refractivity contribution in [3.8, 4) is 5.75 Å². The first-order valence-corrected chi connectivity index (χ1v) is 7.64. The molecule has 0 amide bonds. The van der Waals surface area contributed by atoms with Crippen molar-refractivity contribution in [2.24, 2.45) is 5.92 Å². The molecular weight excluding hydrogens is 258 g/mol. The van der Waals surface area contributed by atoms with Crippen LogP contribution in [-0.4, -0.2) is 6.10 Å². The first-order valence-electron chi connectivity index (χ1n) is 7.64. The summed E-state index contributed by atoms with van der Waals surface area (Å²) in [5.41, 5.74) is 2.43. The summed E-state index contributed by atoms with van der Waals surface area (Å²) < 4.78 is 5.68. The van der Waals surface area contributed by atoms with Gasteiger partial charge in [0.2, 0.25) is 0 Å². The third kappa shape index (κ3) is 4.52. The lowest BCUT2D eigenvalue weighted by Gasteiger charge is -2.24. The van der Waals surface area contributed by atoms with Crippen LogP contribution in [0.2, 0.25) is 0 Å². The van der Waals surface area contributed by atoms with E-state index in [2.05, 4.69) is 61.6 Å². The van der Waals surface area contributed by atoms with E-state index in [0.717, 1.165) is 11.4 Å². The first-order chi connectivity index (χ1) is 10.1. The lowest BCUT2D eigenvalue weighted by atomic mass is 9.96. The van der Waals surface area contributed by atoms with Crippen LogP contribution in [0, 0.1) is 5.92 Å². The van der Waals surface area contributed by atoms with Crippen LogP contribution in [0.4, 0.5) is 5.69 Å². The molecule has 0 aliphatic heterocycles. The van der Waals surface area contributed by atoms with Crippen molar-refractivity contribution in [3.63, 3.8) is 0 Å². The van der Waals surface area contributed by atoms with Crippen LogP contribution >= 0.6 is 0 Å². The molecule has 0 aromatic heterocycles. The highest BCUT2D eigenvalue weighted by Gasteiger charge is 2.15. The van der Waals surface area contributed by atoms with Gasteiger partial charge >= 0.3 is 0 Å². The molecule has 1 atom stereocenters. The minimum absolute atomic E-state index is 0.205. The van der Waals surface area contributed by atoms with Crippen LogP contribution in [0.15, 0.2) is 54.6 Å². The highest BCUT2D eigenvalue weighted by atomic mass is 16.5. The second-order valence-corrected chi connectivity index (χ2v) is 5.97. The van der Waals surface area contributed by atoms with Gasteiger partial charge in [0.15, 0.2) is 0 Å². The van der Waals surface area contributed by atoms with E-state index < -0.39 is 0 Å². The summed E-state index contributed by atoms with van der Waals surface area (Å²) in [4.78, 5) is 0. The smallest absolute Gasteiger partial charge is 0.119 e. The molecule has 112 valence electrons. The van der Waals surface area contributed by atoms with E-state index in [1.54, 1.807) is 0 Å². The van der Waals surface area contributed by atoms with Gasteiger partial charge in [-0.05, 0) is 49.6 Å². The average molecular weight is 283 g/mol. The quantitative estimate of drug-likeness (QED) is 0.778. The van der Waals surface area contributed by atoms with E-state index in [1.807, 2.05) is 26.0 Å². The first kappa shape index (κ1) is 15.4. The van der Waals surface area contributed by atoms with E-state index in [-0.39, 0.29) is 6.10 Å². The number of anilines is 1. The molecule has 0 heterocycles. The summed E-state index contributed by atoms with van der Waals surface area (Å²) in [6.07, 6.45) is 0.205. The van der Waals surface area contributed by atoms with Gasteiger partial charge in [0, 0.05) is 5.69 Å². The van der Waals surface area contributed by atoms with E-state index in [1.165, 1.54) is 5.56 Å². The van der Waals surface area contributed by atoms with Crippen LogP contribution < -0.4 is 10.1 Å². The van der Waals surface area contributed by atoms with Gasteiger partial charge in [-0.25, -0.2) is 0 Å². The topological polar surface area (TPSA) is 21.3 Å². The van der Waals surface area contributed by atoms with Crippen molar-refractivity contribution in [1.82, 2.24) is 0 Å². The van der Waals surface area contributed by atoms with Crippen molar-refractivity contribution < 1.29 is 4.74 Å². The SMILES string of the molecule is CC(C)Oc1ccc(NC(c2ccccc2)C(C)C)cc1. The highest BCUT2D eigenvalue weighted by Crippen LogP contribution is 2.27. The molecule has 2 aromatic rings. The molecule has 2 heteroatoms. The molecule has 0 aliphatic carbocycles. The fraction of sp³-hybridized carbons (Fsp3) is 0.368. The van der Waals surface area contributed by atoms with Gasteiger partial charge in [-0.15, -0.1) is 0 Å². The number of hydrogen-bond donors (Lipinski definition) is 1. The number of benzene rings is 2. The zero-order valence-electron chi connectivity index (χ0n) is 13.3. The maximum absolute atomic E-state index is 5.68. The van der Waals surface area contributed by atoms with Gasteiger partial charge in [0.25, 0.3) is 0 Å². The Bertz CT molecular complexity index is 531. The minimum atomic E-state index is 0.205. The fourth-order valence-corrected chi connectivity index (χ4v) is 2.38. The highest BCUT2D eigenvalue weighted by molar-refractivity contribution is 5.48. The van der Waals surface area contributed by atoms with Crippen molar-refractivity contribution in [2.45, 2.75) is 39.8 Å². The predicted molar refractivity (Wildman–Crippen MR) is 89.8 cm³/mol. The molecule has 0 spiro atoms. The summed E-state index contributed by atoms with van der Waals surface area (Å²) in [6.45, 7) is 8.55. The molecule has 0 aliphatic rings. The summed E-state index contributed by atoms with van der Waals surface area (Å²) in [6, 6.07) is 19.1. The standard InChI is InChI=1S/C19H25NO/c1-14(2)19(16-8-6-5-7-9-16)20-17-10-12-18(13-11-17)21-15(3)4/h5-15,19-20H,1-4H3. The fourth-order valence-electron chi connectivity index (χ4n) is 2.38. The van der Waals surface area contributed by atoms with E-state index in [9.17, 15) is 0 Å². The van der Waals surface area contributed by atoms with E-state index in [4.69, 9.17) is 4.74 Å². The molecule has 0 saturated heterocycles. The van der Waals surface area contributed by atoms with Crippen molar-refractivity contribution >= 4 is 5.69 Å². The molecular formula is C19H25NO. The monoisotopic (exact) mass is 283 g/mol. The lowest BCUT2D eigenvalue weighted by molar-refractivity contribution is 0.242. The largest absolute Gasteiger partial charge is 0.491 e. The molecule has 1 N–H and O–H groups in total. The Hall–Kier alpha value is -1.96. The van der Waals surface area contributed by atoms with E-state index >= 15 is 0 Å². The second-order valence-electron chi connectivity index (χ2n) is 5.97. The summed E-state index contributed by atoms with van der Waals surface area (Å²) in [5, 5.41) is 3.62. The van der Waals surface area contributed by atoms with Crippen molar-refractivity contribution in [3.05, 3.63) is 60.2 Å². The number of rotatable bonds is 6. The lowest BCUT2D eigenvalue weighted by Crippen LogP contribution is -2.16. The van der Waals surface area contributed by atoms with Gasteiger partial charge in [0.1, 0.15) is 5.75 Å². The molecule has 2 rings (SSSR count). The van der Waals surface area contributed by atoms with Crippen LogP contribution in [0.25, 0.3) is 0 Å². The maximum atomic E-state index is 5.68. The van der Waals surface area contributed by atoms with Crippen LogP contribution in [0.5, 0.6) is 5.75 Å². The molecule has 0 radical (unpaired) electrons. The Balaban J connectivity index is 2.11. The Labute approximate surface area is 128 Å². The third-order valence-corrected chi connectivity index (χ3v) is 3.37. The van der Waals surface area contributed by atoms with Gasteiger partial charge < -0.3 is 10.1 Å². The van der Waals surface area contributed by atoms with E-state index in [0.29, 0.717) is 12.0 Å². The Morgan fingerprint density at radius 3 is 1.95 bits per heavy atom. The normalized spacial score (nSPS) is 12.5. The Morgan fingerprint density at radius 2 is 1.43 bits per heavy atom. The van der Waals surface area contributed by atoms with Crippen LogP contribution in [0.3, 0.4) is 0 Å². The van der Waals surface area contributed by atoms with Gasteiger partial charge in [-0.1, -0.05) is 44.2 Å². The summed E-state index contributed by atoms with van der Waals surface area (Å²) >= 11 is 0. The average Bonchev–Trinajstić information content (AvgIpc) is 2.46. The number of nitrogens with one attached hydrogen (secondary N) is 1. The molecule has 21 heavy (non-hydrogen) atoms. The molecule has 0 saturated carbocycles.